The van der Waals surface area contributed by atoms with E-state index < -0.39 is 0 Å². The van der Waals surface area contributed by atoms with Crippen LogP contribution in [0.15, 0.2) is 36.7 Å². The minimum Gasteiger partial charge on any atom is -0.383 e. The number of hydrogen-bond donors (Lipinski definition) is 1. The summed E-state index contributed by atoms with van der Waals surface area (Å²) in [5.74, 6) is 0.0817. The SMILES string of the molecule is Cc1sc(-c2cccnc2N)nc1-c1ccc(F)cn1. The molecular formula is C14H11FN4S. The molecule has 0 aliphatic heterocycles. The van der Waals surface area contributed by atoms with Crippen LogP contribution < -0.4 is 5.73 Å². The first-order valence-corrected chi connectivity index (χ1v) is 6.77. The van der Waals surface area contributed by atoms with Gasteiger partial charge in [0.25, 0.3) is 0 Å². The Hall–Kier alpha value is -2.34. The molecule has 4 nitrogen and oxygen atoms in total. The van der Waals surface area contributed by atoms with Crippen LogP contribution in [0.2, 0.25) is 0 Å². The van der Waals surface area contributed by atoms with Crippen LogP contribution in [-0.2, 0) is 0 Å². The topological polar surface area (TPSA) is 64.7 Å². The summed E-state index contributed by atoms with van der Waals surface area (Å²) in [5.41, 5.74) is 8.05. The molecule has 0 radical (unpaired) electrons. The number of halogens is 1. The number of aryl methyl sites for hydroxylation is 1. The van der Waals surface area contributed by atoms with Gasteiger partial charge in [0.1, 0.15) is 22.3 Å². The summed E-state index contributed by atoms with van der Waals surface area (Å²) in [6.07, 6.45) is 2.83. The molecule has 0 aliphatic carbocycles. The second kappa shape index (κ2) is 4.97. The van der Waals surface area contributed by atoms with Gasteiger partial charge in [-0.3, -0.25) is 4.98 Å². The number of hydrogen-bond acceptors (Lipinski definition) is 5. The fraction of sp³-hybridized carbons (Fsp3) is 0.0714. The first-order valence-electron chi connectivity index (χ1n) is 5.95. The summed E-state index contributed by atoms with van der Waals surface area (Å²) in [6.45, 7) is 1.95. The molecule has 0 bridgehead atoms. The van der Waals surface area contributed by atoms with Gasteiger partial charge in [-0.2, -0.15) is 0 Å². The first-order chi connectivity index (χ1) is 9.65. The third kappa shape index (κ3) is 2.25. The minimum absolute atomic E-state index is 0.363. The fourth-order valence-electron chi connectivity index (χ4n) is 1.86. The van der Waals surface area contributed by atoms with Crippen molar-refractivity contribution in [1.29, 1.82) is 0 Å². The number of aromatic nitrogens is 3. The van der Waals surface area contributed by atoms with Gasteiger partial charge in [-0.25, -0.2) is 14.4 Å². The molecule has 100 valence electrons. The van der Waals surface area contributed by atoms with E-state index in [1.54, 1.807) is 12.3 Å². The third-order valence-corrected chi connectivity index (χ3v) is 3.84. The highest BCUT2D eigenvalue weighted by atomic mass is 32.1. The maximum Gasteiger partial charge on any atom is 0.141 e. The Labute approximate surface area is 119 Å². The summed E-state index contributed by atoms with van der Waals surface area (Å²) >= 11 is 1.52. The molecule has 0 amide bonds. The van der Waals surface area contributed by atoms with E-state index in [9.17, 15) is 4.39 Å². The van der Waals surface area contributed by atoms with Gasteiger partial charge in [0.2, 0.25) is 0 Å². The molecule has 6 heteroatoms. The molecule has 0 spiro atoms. The van der Waals surface area contributed by atoms with E-state index in [1.165, 1.54) is 23.6 Å². The highest BCUT2D eigenvalue weighted by molar-refractivity contribution is 7.15. The van der Waals surface area contributed by atoms with E-state index in [1.807, 2.05) is 19.1 Å². The number of nitrogens with two attached hydrogens (primary N) is 1. The summed E-state index contributed by atoms with van der Waals surface area (Å²) in [5, 5.41) is 0.786. The van der Waals surface area contributed by atoms with Gasteiger partial charge in [-0.1, -0.05) is 0 Å². The van der Waals surface area contributed by atoms with Crippen LogP contribution in [0.5, 0.6) is 0 Å². The molecule has 0 atom stereocenters. The second-order valence-electron chi connectivity index (χ2n) is 4.22. The lowest BCUT2D eigenvalue weighted by Crippen LogP contribution is -1.92. The first kappa shape index (κ1) is 12.7. The largest absolute Gasteiger partial charge is 0.383 e. The van der Waals surface area contributed by atoms with Crippen molar-refractivity contribution in [2.45, 2.75) is 6.92 Å². The Morgan fingerprint density at radius 3 is 2.75 bits per heavy atom. The van der Waals surface area contributed by atoms with E-state index in [0.717, 1.165) is 21.1 Å². The van der Waals surface area contributed by atoms with Crippen molar-refractivity contribution < 1.29 is 4.39 Å². The Balaban J connectivity index is 2.08. The molecule has 3 rings (SSSR count). The second-order valence-corrected chi connectivity index (χ2v) is 5.42. The van der Waals surface area contributed by atoms with E-state index in [-0.39, 0.29) is 5.82 Å². The van der Waals surface area contributed by atoms with Crippen molar-refractivity contribution in [3.63, 3.8) is 0 Å². The van der Waals surface area contributed by atoms with Crippen molar-refractivity contribution in [3.05, 3.63) is 47.4 Å². The molecule has 20 heavy (non-hydrogen) atoms. The monoisotopic (exact) mass is 286 g/mol. The number of anilines is 1. The van der Waals surface area contributed by atoms with Crippen LogP contribution in [-0.4, -0.2) is 15.0 Å². The quantitative estimate of drug-likeness (QED) is 0.785. The van der Waals surface area contributed by atoms with Crippen LogP contribution in [0.3, 0.4) is 0 Å². The van der Waals surface area contributed by atoms with Crippen LogP contribution in [0.1, 0.15) is 4.88 Å². The van der Waals surface area contributed by atoms with E-state index >= 15 is 0 Å². The highest BCUT2D eigenvalue weighted by Gasteiger charge is 2.14. The van der Waals surface area contributed by atoms with Crippen molar-refractivity contribution in [2.24, 2.45) is 0 Å². The summed E-state index contributed by atoms with van der Waals surface area (Å²) in [7, 11) is 0. The van der Waals surface area contributed by atoms with Gasteiger partial charge in [0.05, 0.1) is 17.5 Å². The Morgan fingerprint density at radius 1 is 1.20 bits per heavy atom. The van der Waals surface area contributed by atoms with Gasteiger partial charge in [0, 0.05) is 11.1 Å². The Kier molecular flexibility index (Phi) is 3.15. The van der Waals surface area contributed by atoms with Gasteiger partial charge in [0.15, 0.2) is 0 Å². The lowest BCUT2D eigenvalue weighted by atomic mass is 10.2. The Morgan fingerprint density at radius 2 is 2.05 bits per heavy atom. The summed E-state index contributed by atoms with van der Waals surface area (Å²) < 4.78 is 12.9. The third-order valence-electron chi connectivity index (χ3n) is 2.84. The zero-order chi connectivity index (χ0) is 14.1. The van der Waals surface area contributed by atoms with Gasteiger partial charge in [-0.15, -0.1) is 11.3 Å². The maximum absolute atomic E-state index is 12.9. The molecule has 3 heterocycles. The molecule has 0 aromatic carbocycles. The number of pyridine rings is 2. The van der Waals surface area contributed by atoms with Crippen LogP contribution in [0, 0.1) is 12.7 Å². The molecule has 3 aromatic rings. The molecule has 0 unspecified atom stereocenters. The smallest absolute Gasteiger partial charge is 0.141 e. The predicted octanol–water partition coefficient (Wildman–Crippen LogP) is 3.30. The van der Waals surface area contributed by atoms with Gasteiger partial charge >= 0.3 is 0 Å². The molecule has 2 N–H and O–H groups in total. The van der Waals surface area contributed by atoms with Gasteiger partial charge < -0.3 is 5.73 Å². The standard InChI is InChI=1S/C14H11FN4S/c1-8-12(11-5-4-9(15)7-18-11)19-14(20-8)10-3-2-6-17-13(10)16/h2-7H,1H3,(H2,16,17). The maximum atomic E-state index is 12.9. The van der Waals surface area contributed by atoms with Gasteiger partial charge in [-0.05, 0) is 31.2 Å². The number of nitrogens with zero attached hydrogens (tertiary/aromatic N) is 3. The van der Waals surface area contributed by atoms with Crippen LogP contribution in [0.4, 0.5) is 10.2 Å². The molecule has 0 fully saturated rings. The molecule has 0 aliphatic rings. The molecular weight excluding hydrogens is 275 g/mol. The number of rotatable bonds is 2. The lowest BCUT2D eigenvalue weighted by Gasteiger charge is -1.99. The molecule has 0 saturated heterocycles. The van der Waals surface area contributed by atoms with Crippen molar-refractivity contribution in [2.75, 3.05) is 5.73 Å². The zero-order valence-corrected chi connectivity index (χ0v) is 11.5. The summed E-state index contributed by atoms with van der Waals surface area (Å²) in [6, 6.07) is 6.69. The van der Waals surface area contributed by atoms with E-state index in [2.05, 4.69) is 15.0 Å². The van der Waals surface area contributed by atoms with E-state index in [0.29, 0.717) is 11.5 Å². The average Bonchev–Trinajstić information content (AvgIpc) is 2.82. The van der Waals surface area contributed by atoms with E-state index in [4.69, 9.17) is 5.73 Å². The van der Waals surface area contributed by atoms with Crippen molar-refractivity contribution in [3.8, 4) is 22.0 Å². The Bertz CT molecular complexity index is 752. The fourth-order valence-corrected chi connectivity index (χ4v) is 2.82. The predicted molar refractivity (Wildman–Crippen MR) is 77.7 cm³/mol. The molecule has 0 saturated carbocycles. The summed E-state index contributed by atoms with van der Waals surface area (Å²) in [4.78, 5) is 13.7. The lowest BCUT2D eigenvalue weighted by molar-refractivity contribution is 0.622. The average molecular weight is 286 g/mol. The van der Waals surface area contributed by atoms with Crippen LogP contribution in [0.25, 0.3) is 22.0 Å². The number of nitrogen functional groups attached to an aromatic ring is 1. The molecule has 3 aromatic heterocycles. The highest BCUT2D eigenvalue weighted by Crippen LogP contribution is 2.34. The van der Waals surface area contributed by atoms with Crippen molar-refractivity contribution in [1.82, 2.24) is 15.0 Å². The number of thiazole rings is 1. The zero-order valence-electron chi connectivity index (χ0n) is 10.7. The minimum atomic E-state index is -0.363. The normalized spacial score (nSPS) is 10.7. The van der Waals surface area contributed by atoms with Crippen molar-refractivity contribution >= 4 is 17.2 Å². The van der Waals surface area contributed by atoms with Crippen LogP contribution >= 0.6 is 11.3 Å².